The van der Waals surface area contributed by atoms with Gasteiger partial charge >= 0.3 is 19.8 Å². The van der Waals surface area contributed by atoms with Gasteiger partial charge in [-0.25, -0.2) is 4.57 Å². The van der Waals surface area contributed by atoms with Crippen LogP contribution < -0.4 is 0 Å². The zero-order valence-corrected chi connectivity index (χ0v) is 37.0. The minimum absolute atomic E-state index is 0.0908. The predicted octanol–water partition coefficient (Wildman–Crippen LogP) is 8.67. The number of ether oxygens (including phenoxy) is 2. The fourth-order valence-corrected chi connectivity index (χ4v) is 8.08. The molecule has 6 unspecified atom stereocenters. The Morgan fingerprint density at radius 2 is 0.879 bits per heavy atom. The normalized spacial score (nSPS) is 22.6. The van der Waals surface area contributed by atoms with Crippen molar-refractivity contribution in [2.24, 2.45) is 0 Å². The molecule has 0 radical (unpaired) electrons. The first-order valence-corrected chi connectivity index (χ1v) is 24.5. The van der Waals surface area contributed by atoms with Crippen molar-refractivity contribution in [2.75, 3.05) is 13.2 Å². The zero-order valence-electron chi connectivity index (χ0n) is 36.1. The molecule has 0 spiro atoms. The van der Waals surface area contributed by atoms with Gasteiger partial charge in [-0.15, -0.1) is 0 Å². The van der Waals surface area contributed by atoms with Crippen molar-refractivity contribution < 1.29 is 63.1 Å². The van der Waals surface area contributed by atoms with E-state index in [-0.39, 0.29) is 12.8 Å². The van der Waals surface area contributed by atoms with Gasteiger partial charge in [0.15, 0.2) is 6.10 Å². The van der Waals surface area contributed by atoms with Crippen LogP contribution in [0.25, 0.3) is 0 Å². The Hall–Kier alpha value is -1.41. The number of carbonyl (C=O) groups is 2. The molecule has 0 amide bonds. The van der Waals surface area contributed by atoms with Gasteiger partial charge in [0.25, 0.3) is 0 Å². The molecule has 0 aromatic carbocycles. The number of rotatable bonds is 38. The van der Waals surface area contributed by atoms with Gasteiger partial charge in [-0.3, -0.25) is 18.6 Å². The molecular weight excluding hydrogens is 767 g/mol. The first-order valence-electron chi connectivity index (χ1n) is 23.0. The third-order valence-electron chi connectivity index (χ3n) is 10.9. The lowest BCUT2D eigenvalue weighted by atomic mass is 9.85. The first kappa shape index (κ1) is 54.6. The Balaban J connectivity index is 2.46. The molecule has 0 aromatic heterocycles. The maximum absolute atomic E-state index is 12.8. The van der Waals surface area contributed by atoms with Crippen LogP contribution in [0.1, 0.15) is 200 Å². The van der Waals surface area contributed by atoms with E-state index in [4.69, 9.17) is 18.5 Å². The van der Waals surface area contributed by atoms with Crippen LogP contribution in [0.4, 0.5) is 0 Å². The molecule has 8 atom stereocenters. The van der Waals surface area contributed by atoms with E-state index in [9.17, 15) is 44.6 Å². The lowest BCUT2D eigenvalue weighted by molar-refractivity contribution is -0.220. The van der Waals surface area contributed by atoms with Crippen molar-refractivity contribution >= 4 is 19.8 Å². The molecule has 1 fully saturated rings. The average Bonchev–Trinajstić information content (AvgIpc) is 3.20. The third-order valence-corrected chi connectivity index (χ3v) is 11.8. The van der Waals surface area contributed by atoms with Crippen LogP contribution in [0.5, 0.6) is 0 Å². The van der Waals surface area contributed by atoms with E-state index in [1.165, 1.54) is 103 Å². The Labute approximate surface area is 350 Å². The lowest BCUT2D eigenvalue weighted by Crippen LogP contribution is -2.64. The van der Waals surface area contributed by atoms with E-state index in [1.807, 2.05) is 0 Å². The summed E-state index contributed by atoms with van der Waals surface area (Å²) in [7, 11) is -5.11. The molecule has 6 N–H and O–H groups in total. The second-order valence-corrected chi connectivity index (χ2v) is 17.7. The maximum atomic E-state index is 12.8. The number of phosphoric acid groups is 1. The fourth-order valence-electron chi connectivity index (χ4n) is 7.11. The summed E-state index contributed by atoms with van der Waals surface area (Å²) in [6.07, 6.45) is 22.6. The molecule has 0 bridgehead atoms. The molecule has 0 saturated heterocycles. The van der Waals surface area contributed by atoms with E-state index >= 15 is 0 Å². The molecule has 58 heavy (non-hydrogen) atoms. The van der Waals surface area contributed by atoms with E-state index in [2.05, 4.69) is 26.0 Å². The monoisotopic (exact) mass is 851 g/mol. The van der Waals surface area contributed by atoms with Gasteiger partial charge in [0.05, 0.1) is 6.61 Å². The summed E-state index contributed by atoms with van der Waals surface area (Å²) in [6.45, 7) is 3.29. The van der Waals surface area contributed by atoms with Crippen molar-refractivity contribution in [2.45, 2.75) is 243 Å². The molecule has 0 aliphatic heterocycles. The Morgan fingerprint density at radius 3 is 1.31 bits per heavy atom. The zero-order chi connectivity index (χ0) is 42.9. The Morgan fingerprint density at radius 1 is 0.517 bits per heavy atom. The van der Waals surface area contributed by atoms with Gasteiger partial charge in [-0.2, -0.15) is 0 Å². The number of carbonyl (C=O) groups excluding carboxylic acids is 2. The lowest BCUT2D eigenvalue weighted by Gasteiger charge is -2.41. The van der Waals surface area contributed by atoms with Crippen LogP contribution >= 0.6 is 7.82 Å². The van der Waals surface area contributed by atoms with Crippen molar-refractivity contribution in [1.29, 1.82) is 0 Å². The third kappa shape index (κ3) is 27.4. The minimum Gasteiger partial charge on any atom is -0.462 e. The van der Waals surface area contributed by atoms with E-state index in [0.717, 1.165) is 57.8 Å². The number of unbranched alkanes of at least 4 members (excludes halogenated alkanes) is 24. The molecule has 14 heteroatoms. The van der Waals surface area contributed by atoms with Gasteiger partial charge in [-0.1, -0.05) is 161 Å². The number of phosphoric ester groups is 1. The molecule has 0 aromatic rings. The summed E-state index contributed by atoms with van der Waals surface area (Å²) in [5.41, 5.74) is 0. The van der Waals surface area contributed by atoms with Crippen LogP contribution in [-0.2, 0) is 32.7 Å². The minimum atomic E-state index is -5.11. The standard InChI is InChI=1S/C44H83O13P/c1-3-5-7-9-11-13-15-17-19-21-23-25-27-29-31-33-38(46)56-36(35-55-58(52,53)57-44-42(50)40(48)39(47)41(49)43(44)51)34-54-37(45)32-30-28-26-24-22-20-18-16-14-12-10-8-6-4-2/h17,19,36,39-44,47-51H,3-16,18,20-35H2,1-2H3,(H,52,53)/b19-17+/t36-,39?,40-,41?,42?,43?,44?/m0/s1. The molecule has 13 nitrogen and oxygen atoms in total. The maximum Gasteiger partial charge on any atom is 0.472 e. The summed E-state index contributed by atoms with van der Waals surface area (Å²) in [5.74, 6) is -1.10. The number of hydrogen-bond donors (Lipinski definition) is 6. The molecule has 0 heterocycles. The van der Waals surface area contributed by atoms with Crippen molar-refractivity contribution in [3.05, 3.63) is 12.2 Å². The number of aliphatic hydroxyl groups is 5. The van der Waals surface area contributed by atoms with Crippen molar-refractivity contribution in [3.8, 4) is 0 Å². The van der Waals surface area contributed by atoms with E-state index in [0.29, 0.717) is 12.8 Å². The SMILES string of the molecule is CCCCCCCC/C=C/CCCCCCCC(=O)O[C@@H](COC(=O)CCCCCCCCCCCCCCCC)COP(=O)(O)OC1C(O)C(O)C(O)[C@H](O)C1O. The van der Waals surface area contributed by atoms with Gasteiger partial charge < -0.3 is 39.9 Å². The summed E-state index contributed by atoms with van der Waals surface area (Å²) in [4.78, 5) is 35.6. The topological polar surface area (TPSA) is 210 Å². The largest absolute Gasteiger partial charge is 0.472 e. The molecule has 1 saturated carbocycles. The highest BCUT2D eigenvalue weighted by Crippen LogP contribution is 2.47. The van der Waals surface area contributed by atoms with Crippen LogP contribution in [0.3, 0.4) is 0 Å². The molecule has 342 valence electrons. The van der Waals surface area contributed by atoms with E-state index in [1.54, 1.807) is 0 Å². The number of aliphatic hydroxyl groups excluding tert-OH is 5. The van der Waals surface area contributed by atoms with Gasteiger partial charge in [0, 0.05) is 12.8 Å². The van der Waals surface area contributed by atoms with Gasteiger partial charge in [0.2, 0.25) is 0 Å². The van der Waals surface area contributed by atoms with E-state index < -0.39 is 75.7 Å². The first-order chi connectivity index (χ1) is 27.9. The van der Waals surface area contributed by atoms with Crippen LogP contribution in [0, 0.1) is 0 Å². The molecular formula is C44H83O13P. The van der Waals surface area contributed by atoms with Crippen LogP contribution in [-0.4, -0.2) is 98.3 Å². The Kier molecular flexibility index (Phi) is 33.2. The smallest absolute Gasteiger partial charge is 0.462 e. The van der Waals surface area contributed by atoms with Crippen molar-refractivity contribution in [1.82, 2.24) is 0 Å². The average molecular weight is 851 g/mol. The molecule has 1 aliphatic carbocycles. The highest BCUT2D eigenvalue weighted by atomic mass is 31.2. The number of hydrogen-bond acceptors (Lipinski definition) is 12. The highest BCUT2D eigenvalue weighted by molar-refractivity contribution is 7.47. The molecule has 1 aliphatic rings. The van der Waals surface area contributed by atoms with Gasteiger partial charge in [-0.05, 0) is 38.5 Å². The fraction of sp³-hybridized carbons (Fsp3) is 0.909. The summed E-state index contributed by atoms with van der Waals surface area (Å²) >= 11 is 0. The highest BCUT2D eigenvalue weighted by Gasteiger charge is 2.51. The van der Waals surface area contributed by atoms with Crippen molar-refractivity contribution in [3.63, 3.8) is 0 Å². The number of allylic oxidation sites excluding steroid dienone is 2. The summed E-state index contributed by atoms with van der Waals surface area (Å²) < 4.78 is 33.5. The van der Waals surface area contributed by atoms with Gasteiger partial charge in [0.1, 0.15) is 43.2 Å². The quantitative estimate of drug-likeness (QED) is 0.0149. The molecule has 1 rings (SSSR count). The van der Waals surface area contributed by atoms with Crippen LogP contribution in [0.2, 0.25) is 0 Å². The second-order valence-electron chi connectivity index (χ2n) is 16.3. The predicted molar refractivity (Wildman–Crippen MR) is 226 cm³/mol. The van der Waals surface area contributed by atoms with Crippen LogP contribution in [0.15, 0.2) is 12.2 Å². The number of esters is 2. The summed E-state index contributed by atoms with van der Waals surface area (Å²) in [6, 6.07) is 0. The summed E-state index contributed by atoms with van der Waals surface area (Å²) in [5, 5.41) is 50.1. The Bertz CT molecular complexity index is 1080. The second kappa shape index (κ2) is 35.2.